The number of anilines is 1. The van der Waals surface area contributed by atoms with E-state index in [1.54, 1.807) is 6.07 Å². The van der Waals surface area contributed by atoms with Gasteiger partial charge in [-0.25, -0.2) is 4.39 Å². The molecule has 1 aliphatic heterocycles. The molecule has 0 bridgehead atoms. The molecule has 18 heavy (non-hydrogen) atoms. The third-order valence-electron chi connectivity index (χ3n) is 3.71. The van der Waals surface area contributed by atoms with E-state index in [0.29, 0.717) is 0 Å². The third-order valence-corrected chi connectivity index (χ3v) is 3.71. The van der Waals surface area contributed by atoms with Crippen molar-refractivity contribution in [1.29, 1.82) is 0 Å². The average Bonchev–Trinajstić information content (AvgIpc) is 2.39. The second-order valence-corrected chi connectivity index (χ2v) is 5.24. The zero-order chi connectivity index (χ0) is 13.0. The lowest BCUT2D eigenvalue weighted by Crippen LogP contribution is -2.33. The fourth-order valence-electron chi connectivity index (χ4n) is 2.43. The number of halogens is 1. The Balaban J connectivity index is 2.10. The average molecular weight is 250 g/mol. The van der Waals surface area contributed by atoms with E-state index in [4.69, 9.17) is 0 Å². The second kappa shape index (κ2) is 6.19. The van der Waals surface area contributed by atoms with Gasteiger partial charge in [-0.3, -0.25) is 0 Å². The number of hydrogen-bond acceptors (Lipinski definition) is 2. The summed E-state index contributed by atoms with van der Waals surface area (Å²) in [6.07, 6.45) is 2.33. The van der Waals surface area contributed by atoms with E-state index in [0.717, 1.165) is 56.2 Å². The number of rotatable bonds is 4. The standard InChI is InChI=1S/C15H23FN2/c1-3-17-11-13-4-5-14(16)15(10-13)18-8-6-12(2)7-9-18/h4-5,10,12,17H,3,6-9,11H2,1-2H3. The molecule has 0 spiro atoms. The summed E-state index contributed by atoms with van der Waals surface area (Å²) in [6, 6.07) is 5.46. The fourth-order valence-corrected chi connectivity index (χ4v) is 2.43. The number of nitrogens with one attached hydrogen (secondary N) is 1. The molecule has 0 amide bonds. The fraction of sp³-hybridized carbons (Fsp3) is 0.600. The first-order valence-corrected chi connectivity index (χ1v) is 6.94. The molecule has 0 radical (unpaired) electrons. The van der Waals surface area contributed by atoms with Gasteiger partial charge in [0.25, 0.3) is 0 Å². The molecule has 1 heterocycles. The lowest BCUT2D eigenvalue weighted by Gasteiger charge is -2.32. The zero-order valence-electron chi connectivity index (χ0n) is 11.4. The molecule has 0 saturated carbocycles. The van der Waals surface area contributed by atoms with E-state index in [-0.39, 0.29) is 5.82 Å². The van der Waals surface area contributed by atoms with Gasteiger partial charge in [0, 0.05) is 19.6 Å². The highest BCUT2D eigenvalue weighted by atomic mass is 19.1. The highest BCUT2D eigenvalue weighted by Gasteiger charge is 2.18. The van der Waals surface area contributed by atoms with Crippen LogP contribution in [0.25, 0.3) is 0 Å². The molecule has 0 unspecified atom stereocenters. The van der Waals surface area contributed by atoms with Crippen LogP contribution in [0, 0.1) is 11.7 Å². The summed E-state index contributed by atoms with van der Waals surface area (Å²) in [5, 5.41) is 3.28. The maximum Gasteiger partial charge on any atom is 0.146 e. The minimum Gasteiger partial charge on any atom is -0.369 e. The van der Waals surface area contributed by atoms with Gasteiger partial charge in [-0.2, -0.15) is 0 Å². The molecule has 2 nitrogen and oxygen atoms in total. The maximum absolute atomic E-state index is 13.9. The van der Waals surface area contributed by atoms with Crippen molar-refractivity contribution >= 4 is 5.69 Å². The number of benzene rings is 1. The van der Waals surface area contributed by atoms with Crippen LogP contribution in [0.4, 0.5) is 10.1 Å². The molecule has 1 N–H and O–H groups in total. The second-order valence-electron chi connectivity index (χ2n) is 5.24. The molecule has 1 fully saturated rings. The molecule has 1 aromatic carbocycles. The Morgan fingerprint density at radius 3 is 2.72 bits per heavy atom. The summed E-state index contributed by atoms with van der Waals surface area (Å²) in [7, 11) is 0. The molecule has 3 heteroatoms. The molecular weight excluding hydrogens is 227 g/mol. The van der Waals surface area contributed by atoms with Gasteiger partial charge in [0.05, 0.1) is 5.69 Å². The van der Waals surface area contributed by atoms with Gasteiger partial charge in [0.15, 0.2) is 0 Å². The van der Waals surface area contributed by atoms with Gasteiger partial charge in [0.2, 0.25) is 0 Å². The molecule has 1 saturated heterocycles. The minimum absolute atomic E-state index is 0.0928. The van der Waals surface area contributed by atoms with Gasteiger partial charge in [0.1, 0.15) is 5.82 Å². The number of nitrogens with zero attached hydrogens (tertiary/aromatic N) is 1. The van der Waals surface area contributed by atoms with Gasteiger partial charge in [-0.1, -0.05) is 19.9 Å². The van der Waals surface area contributed by atoms with Crippen molar-refractivity contribution in [3.8, 4) is 0 Å². The van der Waals surface area contributed by atoms with E-state index < -0.39 is 0 Å². The molecule has 0 aromatic heterocycles. The summed E-state index contributed by atoms with van der Waals surface area (Å²) in [6.45, 7) is 8.05. The SMILES string of the molecule is CCNCc1ccc(F)c(N2CCC(C)CC2)c1. The molecule has 2 rings (SSSR count). The summed E-state index contributed by atoms with van der Waals surface area (Å²) in [5.74, 6) is 0.680. The Kier molecular flexibility index (Phi) is 4.59. The van der Waals surface area contributed by atoms with Gasteiger partial charge in [-0.15, -0.1) is 0 Å². The molecular formula is C15H23FN2. The van der Waals surface area contributed by atoms with E-state index in [9.17, 15) is 4.39 Å². The van der Waals surface area contributed by atoms with Crippen LogP contribution in [0.15, 0.2) is 18.2 Å². The van der Waals surface area contributed by atoms with Crippen molar-refractivity contribution in [1.82, 2.24) is 5.32 Å². The van der Waals surface area contributed by atoms with Crippen molar-refractivity contribution < 1.29 is 4.39 Å². The van der Waals surface area contributed by atoms with E-state index in [2.05, 4.69) is 24.1 Å². The Bertz CT molecular complexity index is 384. The van der Waals surface area contributed by atoms with Crippen molar-refractivity contribution in [2.24, 2.45) is 5.92 Å². The van der Waals surface area contributed by atoms with Gasteiger partial charge >= 0.3 is 0 Å². The third kappa shape index (κ3) is 3.22. The van der Waals surface area contributed by atoms with Crippen molar-refractivity contribution in [2.45, 2.75) is 33.2 Å². The smallest absolute Gasteiger partial charge is 0.146 e. The summed E-state index contributed by atoms with van der Waals surface area (Å²) in [5.41, 5.74) is 1.93. The van der Waals surface area contributed by atoms with Crippen molar-refractivity contribution in [2.75, 3.05) is 24.5 Å². The molecule has 1 aliphatic rings. The molecule has 0 atom stereocenters. The van der Waals surface area contributed by atoms with Gasteiger partial charge in [-0.05, 0) is 43.0 Å². The summed E-state index contributed by atoms with van der Waals surface area (Å²) >= 11 is 0. The van der Waals surface area contributed by atoms with Crippen molar-refractivity contribution in [3.05, 3.63) is 29.6 Å². The van der Waals surface area contributed by atoms with Crippen molar-refractivity contribution in [3.63, 3.8) is 0 Å². The van der Waals surface area contributed by atoms with Gasteiger partial charge < -0.3 is 10.2 Å². The molecule has 1 aromatic rings. The minimum atomic E-state index is -0.0928. The van der Waals surface area contributed by atoms with Crippen LogP contribution in [0.5, 0.6) is 0 Å². The number of piperidine rings is 1. The molecule has 0 aliphatic carbocycles. The lowest BCUT2D eigenvalue weighted by molar-refractivity contribution is 0.434. The first kappa shape index (κ1) is 13.3. The highest BCUT2D eigenvalue weighted by Crippen LogP contribution is 2.26. The first-order chi connectivity index (χ1) is 8.70. The largest absolute Gasteiger partial charge is 0.369 e. The monoisotopic (exact) mass is 250 g/mol. The van der Waals surface area contributed by atoms with E-state index in [1.807, 2.05) is 12.1 Å². The maximum atomic E-state index is 13.9. The normalized spacial score (nSPS) is 17.2. The van der Waals surface area contributed by atoms with Crippen LogP contribution >= 0.6 is 0 Å². The van der Waals surface area contributed by atoms with E-state index in [1.165, 1.54) is 0 Å². The van der Waals surface area contributed by atoms with Crippen LogP contribution in [0.1, 0.15) is 32.3 Å². The Morgan fingerprint density at radius 2 is 2.06 bits per heavy atom. The Hall–Kier alpha value is -1.09. The van der Waals surface area contributed by atoms with E-state index >= 15 is 0 Å². The Morgan fingerprint density at radius 1 is 1.33 bits per heavy atom. The lowest BCUT2D eigenvalue weighted by atomic mass is 9.98. The summed E-state index contributed by atoms with van der Waals surface area (Å²) < 4.78 is 13.9. The number of hydrogen-bond donors (Lipinski definition) is 1. The predicted octanol–water partition coefficient (Wildman–Crippen LogP) is 3.17. The van der Waals surface area contributed by atoms with Crippen LogP contribution in [0.2, 0.25) is 0 Å². The highest BCUT2D eigenvalue weighted by molar-refractivity contribution is 5.50. The van der Waals surface area contributed by atoms with Crippen LogP contribution in [-0.2, 0) is 6.54 Å². The van der Waals surface area contributed by atoms with Crippen LogP contribution < -0.4 is 10.2 Å². The molecule has 100 valence electrons. The van der Waals surface area contributed by atoms with Crippen LogP contribution in [0.3, 0.4) is 0 Å². The topological polar surface area (TPSA) is 15.3 Å². The first-order valence-electron chi connectivity index (χ1n) is 6.94. The Labute approximate surface area is 109 Å². The van der Waals surface area contributed by atoms with Crippen LogP contribution in [-0.4, -0.2) is 19.6 Å². The predicted molar refractivity (Wildman–Crippen MR) is 74.4 cm³/mol. The summed E-state index contributed by atoms with van der Waals surface area (Å²) in [4.78, 5) is 2.19. The zero-order valence-corrected chi connectivity index (χ0v) is 11.4. The quantitative estimate of drug-likeness (QED) is 0.883.